The highest BCUT2D eigenvalue weighted by Gasteiger charge is 2.44. The van der Waals surface area contributed by atoms with E-state index in [1.807, 2.05) is 13.0 Å². The number of ether oxygens (including phenoxy) is 1. The molecule has 2 bridgehead atoms. The highest BCUT2D eigenvalue weighted by atomic mass is 79.9. The second-order valence-electron chi connectivity index (χ2n) is 8.34. The molecular weight excluding hydrogens is 462 g/mol. The summed E-state index contributed by atoms with van der Waals surface area (Å²) in [6.45, 7) is 1.99. The van der Waals surface area contributed by atoms with Crippen LogP contribution in [0.15, 0.2) is 29.0 Å². The van der Waals surface area contributed by atoms with Crippen molar-refractivity contribution in [3.63, 3.8) is 0 Å². The molecule has 3 fully saturated rings. The van der Waals surface area contributed by atoms with E-state index in [0.717, 1.165) is 39.6 Å². The van der Waals surface area contributed by atoms with Crippen molar-refractivity contribution in [2.45, 2.75) is 68.9 Å². The number of fused-ring (bicyclic) bond motifs is 2. The second kappa shape index (κ2) is 8.37. The van der Waals surface area contributed by atoms with Crippen LogP contribution < -0.4 is 10.1 Å². The maximum atomic E-state index is 9.05. The molecule has 1 aromatic carbocycles. The SMILES string of the molecule is Cc1c(Nc2ccc(C#N)cc2Br)ncnc1OC1CC2CCC(C1)N2SC1CC1. The van der Waals surface area contributed by atoms with E-state index in [1.165, 1.54) is 25.7 Å². The van der Waals surface area contributed by atoms with Crippen molar-refractivity contribution < 1.29 is 4.74 Å². The molecule has 8 heteroatoms. The fourth-order valence-corrected chi connectivity index (χ4v) is 6.24. The topological polar surface area (TPSA) is 74.1 Å². The Kier molecular flexibility index (Phi) is 5.61. The third kappa shape index (κ3) is 4.16. The molecule has 0 amide bonds. The Labute approximate surface area is 189 Å². The maximum absolute atomic E-state index is 9.05. The predicted molar refractivity (Wildman–Crippen MR) is 122 cm³/mol. The van der Waals surface area contributed by atoms with Crippen LogP contribution in [0.2, 0.25) is 0 Å². The van der Waals surface area contributed by atoms with Crippen molar-refractivity contribution in [3.8, 4) is 11.9 Å². The zero-order valence-corrected chi connectivity index (χ0v) is 19.2. The normalized spacial score (nSPS) is 25.7. The average molecular weight is 486 g/mol. The summed E-state index contributed by atoms with van der Waals surface area (Å²) in [5, 5.41) is 13.3. The minimum atomic E-state index is 0.210. The van der Waals surface area contributed by atoms with Gasteiger partial charge in [-0.2, -0.15) is 5.26 Å². The molecule has 2 saturated heterocycles. The Morgan fingerprint density at radius 2 is 1.97 bits per heavy atom. The largest absolute Gasteiger partial charge is 0.474 e. The van der Waals surface area contributed by atoms with Crippen molar-refractivity contribution in [3.05, 3.63) is 40.1 Å². The van der Waals surface area contributed by atoms with Gasteiger partial charge in [0.25, 0.3) is 0 Å². The van der Waals surface area contributed by atoms with Crippen LogP contribution in [0.25, 0.3) is 0 Å². The fourth-order valence-electron chi connectivity index (χ4n) is 4.35. The summed E-state index contributed by atoms with van der Waals surface area (Å²) in [5.41, 5.74) is 2.36. The molecule has 2 unspecified atom stereocenters. The first kappa shape index (κ1) is 20.1. The number of halogens is 1. The molecule has 1 aliphatic carbocycles. The summed E-state index contributed by atoms with van der Waals surface area (Å²) in [6, 6.07) is 8.86. The van der Waals surface area contributed by atoms with E-state index in [4.69, 9.17) is 10.00 Å². The monoisotopic (exact) mass is 485 g/mol. The molecule has 1 N–H and O–H groups in total. The number of aromatic nitrogens is 2. The molecule has 3 heterocycles. The molecule has 156 valence electrons. The van der Waals surface area contributed by atoms with E-state index in [1.54, 1.807) is 18.5 Å². The quantitative estimate of drug-likeness (QED) is 0.552. The molecule has 6 nitrogen and oxygen atoms in total. The van der Waals surface area contributed by atoms with Crippen LogP contribution in [0.4, 0.5) is 11.5 Å². The standard InChI is InChI=1S/C22H24BrN5OS/c1-13-21(27-20-7-2-14(11-24)8-19(20)23)25-12-26-22(13)29-17-9-15-3-4-16(10-17)28(15)30-18-5-6-18/h2,7-8,12,15-18H,3-6,9-10H2,1H3,(H,25,26,27). The lowest BCUT2D eigenvalue weighted by Crippen LogP contribution is -2.43. The van der Waals surface area contributed by atoms with Crippen LogP contribution in [-0.4, -0.2) is 37.7 Å². The highest BCUT2D eigenvalue weighted by Crippen LogP contribution is 2.47. The Morgan fingerprint density at radius 3 is 2.63 bits per heavy atom. The van der Waals surface area contributed by atoms with Gasteiger partial charge in [-0.1, -0.05) is 11.9 Å². The van der Waals surface area contributed by atoms with Crippen molar-refractivity contribution >= 4 is 39.4 Å². The number of nitriles is 1. The van der Waals surface area contributed by atoms with Gasteiger partial charge in [-0.3, -0.25) is 0 Å². The van der Waals surface area contributed by atoms with Crippen LogP contribution in [0.3, 0.4) is 0 Å². The van der Waals surface area contributed by atoms with E-state index < -0.39 is 0 Å². The number of nitrogens with zero attached hydrogens (tertiary/aromatic N) is 4. The van der Waals surface area contributed by atoms with Crippen LogP contribution in [0, 0.1) is 18.3 Å². The first-order chi connectivity index (χ1) is 14.6. The lowest BCUT2D eigenvalue weighted by molar-refractivity contribution is 0.0961. The van der Waals surface area contributed by atoms with E-state index >= 15 is 0 Å². The summed E-state index contributed by atoms with van der Waals surface area (Å²) >= 11 is 5.62. The lowest BCUT2D eigenvalue weighted by Gasteiger charge is -2.37. The fraction of sp³-hybridized carbons (Fsp3) is 0.500. The van der Waals surface area contributed by atoms with Crippen molar-refractivity contribution in [1.82, 2.24) is 14.3 Å². The van der Waals surface area contributed by atoms with Gasteiger partial charge in [-0.15, -0.1) is 0 Å². The average Bonchev–Trinajstić information content (AvgIpc) is 3.52. The summed E-state index contributed by atoms with van der Waals surface area (Å²) in [4.78, 5) is 8.83. The summed E-state index contributed by atoms with van der Waals surface area (Å²) in [7, 11) is 0. The first-order valence-electron chi connectivity index (χ1n) is 10.5. The molecule has 0 radical (unpaired) electrons. The molecule has 3 aliphatic rings. The lowest BCUT2D eigenvalue weighted by atomic mass is 10.0. The Morgan fingerprint density at radius 1 is 1.20 bits per heavy atom. The zero-order valence-electron chi connectivity index (χ0n) is 16.8. The molecule has 2 aliphatic heterocycles. The number of hydrogen-bond donors (Lipinski definition) is 1. The van der Waals surface area contributed by atoms with Gasteiger partial charge >= 0.3 is 0 Å². The Bertz CT molecular complexity index is 978. The molecule has 0 spiro atoms. The summed E-state index contributed by atoms with van der Waals surface area (Å²) in [6.07, 6.45) is 9.24. The van der Waals surface area contributed by atoms with E-state index in [0.29, 0.717) is 23.5 Å². The van der Waals surface area contributed by atoms with Gasteiger partial charge in [-0.05, 0) is 66.7 Å². The van der Waals surface area contributed by atoms with Gasteiger partial charge in [0.05, 0.1) is 22.9 Å². The van der Waals surface area contributed by atoms with E-state index in [9.17, 15) is 0 Å². The molecule has 30 heavy (non-hydrogen) atoms. The third-order valence-corrected chi connectivity index (χ3v) is 8.35. The van der Waals surface area contributed by atoms with Crippen molar-refractivity contribution in [2.24, 2.45) is 0 Å². The van der Waals surface area contributed by atoms with Crippen LogP contribution in [0.5, 0.6) is 5.88 Å². The number of piperidine rings is 1. The van der Waals surface area contributed by atoms with Crippen molar-refractivity contribution in [1.29, 1.82) is 5.26 Å². The van der Waals surface area contributed by atoms with Gasteiger partial charge in [0.2, 0.25) is 5.88 Å². The number of rotatable bonds is 6. The minimum Gasteiger partial charge on any atom is -0.474 e. The van der Waals surface area contributed by atoms with Gasteiger partial charge in [0.1, 0.15) is 18.2 Å². The number of hydrogen-bond acceptors (Lipinski definition) is 7. The zero-order chi connectivity index (χ0) is 20.7. The van der Waals surface area contributed by atoms with Gasteiger partial charge in [0.15, 0.2) is 0 Å². The van der Waals surface area contributed by atoms with Gasteiger partial charge in [0, 0.05) is 34.6 Å². The number of nitrogens with one attached hydrogen (secondary N) is 1. The first-order valence-corrected chi connectivity index (χ1v) is 12.1. The minimum absolute atomic E-state index is 0.210. The molecular formula is C22H24BrN5OS. The van der Waals surface area contributed by atoms with Gasteiger partial charge in [-0.25, -0.2) is 14.3 Å². The molecule has 1 saturated carbocycles. The Hall–Kier alpha value is -1.82. The number of anilines is 2. The van der Waals surface area contributed by atoms with Crippen LogP contribution in [0.1, 0.15) is 49.7 Å². The van der Waals surface area contributed by atoms with Crippen molar-refractivity contribution in [2.75, 3.05) is 5.32 Å². The molecule has 5 rings (SSSR count). The van der Waals surface area contributed by atoms with E-state index in [-0.39, 0.29) is 6.10 Å². The maximum Gasteiger partial charge on any atom is 0.221 e. The van der Waals surface area contributed by atoms with E-state index in [2.05, 4.69) is 53.5 Å². The van der Waals surface area contributed by atoms with Gasteiger partial charge < -0.3 is 10.1 Å². The summed E-state index contributed by atoms with van der Waals surface area (Å²) in [5.74, 6) is 1.38. The number of benzene rings is 1. The predicted octanol–water partition coefficient (Wildman–Crippen LogP) is 5.35. The second-order valence-corrected chi connectivity index (χ2v) is 10.5. The Balaban J connectivity index is 1.28. The molecule has 1 aromatic heterocycles. The van der Waals surface area contributed by atoms with Crippen LogP contribution >= 0.6 is 27.9 Å². The molecule has 2 atom stereocenters. The molecule has 2 aromatic rings. The third-order valence-electron chi connectivity index (χ3n) is 6.09. The smallest absolute Gasteiger partial charge is 0.221 e. The highest BCUT2D eigenvalue weighted by molar-refractivity contribution is 9.10. The summed E-state index contributed by atoms with van der Waals surface area (Å²) < 4.78 is 9.90. The van der Waals surface area contributed by atoms with Crippen LogP contribution in [-0.2, 0) is 0 Å².